The molecule has 3 heterocycles. The largest absolute Gasteiger partial charge is 0.338 e. The van der Waals surface area contributed by atoms with Crippen molar-refractivity contribution in [1.82, 2.24) is 29.9 Å². The molecule has 0 unspecified atom stereocenters. The van der Waals surface area contributed by atoms with Crippen molar-refractivity contribution < 1.29 is 13.6 Å². The van der Waals surface area contributed by atoms with Crippen LogP contribution in [-0.4, -0.2) is 48.9 Å². The lowest BCUT2D eigenvalue weighted by molar-refractivity contribution is 0.0701. The van der Waals surface area contributed by atoms with Crippen molar-refractivity contribution in [3.63, 3.8) is 0 Å². The summed E-state index contributed by atoms with van der Waals surface area (Å²) in [4.78, 5) is 34.3. The molecule has 4 aromatic rings. The van der Waals surface area contributed by atoms with Crippen LogP contribution in [0.15, 0.2) is 41.2 Å². The van der Waals surface area contributed by atoms with Crippen molar-refractivity contribution in [3.05, 3.63) is 86.5 Å². The van der Waals surface area contributed by atoms with Crippen LogP contribution < -0.4 is 5.56 Å². The highest BCUT2D eigenvalue weighted by Crippen LogP contribution is 2.27. The first-order valence-corrected chi connectivity index (χ1v) is 11.4. The molecule has 0 spiro atoms. The number of fused-ring (bicyclic) bond motifs is 1. The van der Waals surface area contributed by atoms with E-state index in [4.69, 9.17) is 0 Å². The van der Waals surface area contributed by atoms with E-state index in [9.17, 15) is 18.4 Å². The van der Waals surface area contributed by atoms with Gasteiger partial charge in [-0.1, -0.05) is 35.0 Å². The SMILES string of the molecule is Cc1ccc(C)c(Cn2nnc3c(=O)[nH]c(C4CCN(C(=O)c5c(F)cccc5F)CC4)nc32)c1. The van der Waals surface area contributed by atoms with Gasteiger partial charge in [0, 0.05) is 19.0 Å². The van der Waals surface area contributed by atoms with Crippen LogP contribution in [0.25, 0.3) is 11.2 Å². The highest BCUT2D eigenvalue weighted by molar-refractivity contribution is 5.94. The van der Waals surface area contributed by atoms with Crippen LogP contribution in [0.2, 0.25) is 0 Å². The summed E-state index contributed by atoms with van der Waals surface area (Å²) in [6.07, 6.45) is 0.990. The molecule has 1 amide bonds. The molecule has 1 fully saturated rings. The molecule has 5 rings (SSSR count). The summed E-state index contributed by atoms with van der Waals surface area (Å²) in [5, 5.41) is 8.17. The maximum Gasteiger partial charge on any atom is 0.281 e. The second kappa shape index (κ2) is 9.01. The molecule has 0 aliphatic carbocycles. The molecule has 0 saturated carbocycles. The lowest BCUT2D eigenvalue weighted by Gasteiger charge is -2.31. The van der Waals surface area contributed by atoms with Crippen molar-refractivity contribution in [2.24, 2.45) is 0 Å². The summed E-state index contributed by atoms with van der Waals surface area (Å²) in [6.45, 7) is 5.04. The minimum atomic E-state index is -0.877. The average molecular weight is 479 g/mol. The predicted octanol–water partition coefficient (Wildman–Crippen LogP) is 3.48. The van der Waals surface area contributed by atoms with Gasteiger partial charge in [0.25, 0.3) is 11.5 Å². The van der Waals surface area contributed by atoms with Gasteiger partial charge in [-0.15, -0.1) is 5.10 Å². The molecule has 0 atom stereocenters. The molecule has 1 aliphatic heterocycles. The highest BCUT2D eigenvalue weighted by Gasteiger charge is 2.29. The van der Waals surface area contributed by atoms with Crippen LogP contribution in [0.5, 0.6) is 0 Å². The normalized spacial score (nSPS) is 14.6. The van der Waals surface area contributed by atoms with Gasteiger partial charge >= 0.3 is 0 Å². The smallest absolute Gasteiger partial charge is 0.281 e. The lowest BCUT2D eigenvalue weighted by atomic mass is 9.95. The molecule has 10 heteroatoms. The van der Waals surface area contributed by atoms with Crippen LogP contribution >= 0.6 is 0 Å². The molecule has 1 saturated heterocycles. The number of aromatic nitrogens is 5. The Morgan fingerprint density at radius 3 is 2.54 bits per heavy atom. The summed E-state index contributed by atoms with van der Waals surface area (Å²) in [5.41, 5.74) is 2.95. The van der Waals surface area contributed by atoms with Gasteiger partial charge in [-0.05, 0) is 49.9 Å². The topological polar surface area (TPSA) is 96.8 Å². The number of hydrogen-bond acceptors (Lipinski definition) is 5. The Morgan fingerprint density at radius 2 is 1.83 bits per heavy atom. The van der Waals surface area contributed by atoms with E-state index in [2.05, 4.69) is 26.3 Å². The number of halogens is 2. The standard InChI is InChI=1S/C25H24F2N6O2/c1-14-6-7-15(2)17(12-14)13-33-23-21(30-31-33)24(34)29-22(28-23)16-8-10-32(11-9-16)25(35)20-18(26)4-3-5-19(20)27/h3-7,12,16H,8-11,13H2,1-2H3,(H,28,29,34). The first-order valence-electron chi connectivity index (χ1n) is 11.4. The fraction of sp³-hybridized carbons (Fsp3) is 0.320. The van der Waals surface area contributed by atoms with E-state index < -0.39 is 23.1 Å². The van der Waals surface area contributed by atoms with E-state index in [1.54, 1.807) is 4.68 Å². The van der Waals surface area contributed by atoms with Gasteiger partial charge in [-0.3, -0.25) is 9.59 Å². The van der Waals surface area contributed by atoms with E-state index >= 15 is 0 Å². The third-order valence-electron chi connectivity index (χ3n) is 6.56. The van der Waals surface area contributed by atoms with Crippen molar-refractivity contribution in [2.45, 2.75) is 39.2 Å². The number of piperidine rings is 1. The zero-order valence-corrected chi connectivity index (χ0v) is 19.4. The van der Waals surface area contributed by atoms with Gasteiger partial charge in [0.05, 0.1) is 6.54 Å². The number of amides is 1. The Balaban J connectivity index is 1.37. The summed E-state index contributed by atoms with van der Waals surface area (Å²) >= 11 is 0. The fourth-order valence-corrected chi connectivity index (χ4v) is 4.53. The van der Waals surface area contributed by atoms with Crippen LogP contribution in [-0.2, 0) is 6.54 Å². The minimum Gasteiger partial charge on any atom is -0.338 e. The number of carbonyl (C=O) groups is 1. The lowest BCUT2D eigenvalue weighted by Crippen LogP contribution is -2.39. The molecule has 2 aromatic heterocycles. The van der Waals surface area contributed by atoms with Gasteiger partial charge < -0.3 is 9.88 Å². The first kappa shape index (κ1) is 22.8. The predicted molar refractivity (Wildman–Crippen MR) is 125 cm³/mol. The summed E-state index contributed by atoms with van der Waals surface area (Å²) < 4.78 is 29.7. The number of H-pyrrole nitrogens is 1. The van der Waals surface area contributed by atoms with Crippen molar-refractivity contribution in [2.75, 3.05) is 13.1 Å². The van der Waals surface area contributed by atoms with E-state index in [0.29, 0.717) is 43.9 Å². The van der Waals surface area contributed by atoms with E-state index in [1.807, 2.05) is 26.0 Å². The van der Waals surface area contributed by atoms with Crippen molar-refractivity contribution in [3.8, 4) is 0 Å². The minimum absolute atomic E-state index is 0.120. The van der Waals surface area contributed by atoms with Crippen LogP contribution in [0.4, 0.5) is 8.78 Å². The maximum atomic E-state index is 14.0. The Bertz CT molecular complexity index is 1470. The Hall–Kier alpha value is -3.95. The average Bonchev–Trinajstić information content (AvgIpc) is 3.24. The summed E-state index contributed by atoms with van der Waals surface area (Å²) in [5.74, 6) is -2.05. The quantitative estimate of drug-likeness (QED) is 0.485. The van der Waals surface area contributed by atoms with Crippen molar-refractivity contribution >= 4 is 17.1 Å². The summed E-state index contributed by atoms with van der Waals surface area (Å²) in [7, 11) is 0. The van der Waals surface area contributed by atoms with E-state index in [-0.39, 0.29) is 17.0 Å². The number of carbonyl (C=O) groups excluding carboxylic acids is 1. The number of likely N-dealkylation sites (tertiary alicyclic amines) is 1. The molecule has 180 valence electrons. The Morgan fingerprint density at radius 1 is 1.11 bits per heavy atom. The molecular formula is C25H24F2N6O2. The zero-order valence-electron chi connectivity index (χ0n) is 19.4. The zero-order chi connectivity index (χ0) is 24.7. The van der Waals surface area contributed by atoms with Crippen LogP contribution in [0.1, 0.15) is 51.6 Å². The van der Waals surface area contributed by atoms with Crippen LogP contribution in [0, 0.1) is 25.5 Å². The summed E-state index contributed by atoms with van der Waals surface area (Å²) in [6, 6.07) is 9.52. The number of rotatable bonds is 4. The number of nitrogens with one attached hydrogen (secondary N) is 1. The maximum absolute atomic E-state index is 14.0. The van der Waals surface area contributed by atoms with Crippen LogP contribution in [0.3, 0.4) is 0 Å². The van der Waals surface area contributed by atoms with Crippen molar-refractivity contribution in [1.29, 1.82) is 0 Å². The monoisotopic (exact) mass is 478 g/mol. The fourth-order valence-electron chi connectivity index (χ4n) is 4.53. The second-order valence-corrected chi connectivity index (χ2v) is 8.96. The van der Waals surface area contributed by atoms with E-state index in [0.717, 1.165) is 28.8 Å². The van der Waals surface area contributed by atoms with Gasteiger partial charge in [0.1, 0.15) is 23.0 Å². The molecule has 0 radical (unpaired) electrons. The van der Waals surface area contributed by atoms with Gasteiger partial charge in [0.2, 0.25) is 0 Å². The number of hydrogen-bond donors (Lipinski definition) is 1. The number of benzene rings is 2. The molecule has 0 bridgehead atoms. The third-order valence-corrected chi connectivity index (χ3v) is 6.56. The van der Waals surface area contributed by atoms with E-state index in [1.165, 1.54) is 11.0 Å². The molecule has 35 heavy (non-hydrogen) atoms. The molecular weight excluding hydrogens is 454 g/mol. The van der Waals surface area contributed by atoms with Gasteiger partial charge in [-0.2, -0.15) is 0 Å². The Kier molecular flexibility index (Phi) is 5.88. The Labute approximate surface area is 199 Å². The number of aryl methyl sites for hydroxylation is 2. The molecule has 1 N–H and O–H groups in total. The first-order chi connectivity index (χ1) is 16.8. The molecule has 2 aromatic carbocycles. The molecule has 8 nitrogen and oxygen atoms in total. The highest BCUT2D eigenvalue weighted by atomic mass is 19.1. The third kappa shape index (κ3) is 4.31. The van der Waals surface area contributed by atoms with Gasteiger partial charge in [-0.25, -0.2) is 18.4 Å². The van der Waals surface area contributed by atoms with Gasteiger partial charge in [0.15, 0.2) is 11.2 Å². The number of aromatic amines is 1. The molecule has 1 aliphatic rings. The number of nitrogens with zero attached hydrogens (tertiary/aromatic N) is 5. The second-order valence-electron chi connectivity index (χ2n) is 8.96.